The van der Waals surface area contributed by atoms with Crippen molar-refractivity contribution in [2.24, 2.45) is 0 Å². The lowest BCUT2D eigenvalue weighted by Crippen LogP contribution is -2.44. The summed E-state index contributed by atoms with van der Waals surface area (Å²) in [7, 11) is 3.89. The maximum absolute atomic E-state index is 13.0. The molecule has 0 radical (unpaired) electrons. The van der Waals surface area contributed by atoms with Gasteiger partial charge in [0.15, 0.2) is 0 Å². The van der Waals surface area contributed by atoms with Gasteiger partial charge in [0.05, 0.1) is 12.1 Å². The van der Waals surface area contributed by atoms with E-state index in [1.165, 1.54) is 0 Å². The van der Waals surface area contributed by atoms with Gasteiger partial charge in [0.25, 0.3) is 5.91 Å². The van der Waals surface area contributed by atoms with Gasteiger partial charge in [0.1, 0.15) is 5.69 Å². The number of aromatic amines is 1. The van der Waals surface area contributed by atoms with Crippen LogP contribution in [0.15, 0.2) is 48.5 Å². The molecule has 0 fully saturated rings. The summed E-state index contributed by atoms with van der Waals surface area (Å²) in [4.78, 5) is 30.7. The number of aromatic nitrogens is 1. The van der Waals surface area contributed by atoms with Gasteiger partial charge in [0, 0.05) is 23.9 Å². The molecule has 6 nitrogen and oxygen atoms in total. The lowest BCUT2D eigenvalue weighted by Gasteiger charge is -2.23. The van der Waals surface area contributed by atoms with Gasteiger partial charge >= 0.3 is 0 Å². The van der Waals surface area contributed by atoms with Gasteiger partial charge in [-0.15, -0.1) is 0 Å². The number of amides is 2. The first kappa shape index (κ1) is 20.2. The summed E-state index contributed by atoms with van der Waals surface area (Å²) in [6.07, 6.45) is 1.12. The lowest BCUT2D eigenvalue weighted by molar-refractivity contribution is -0.122. The second-order valence-electron chi connectivity index (χ2n) is 8.36. The van der Waals surface area contributed by atoms with E-state index < -0.39 is 0 Å². The van der Waals surface area contributed by atoms with Crippen LogP contribution in [0.1, 0.15) is 39.6 Å². The summed E-state index contributed by atoms with van der Waals surface area (Å²) >= 11 is 0. The number of rotatable bonds is 6. The van der Waals surface area contributed by atoms with Crippen LogP contribution < -0.4 is 10.6 Å². The third kappa shape index (κ3) is 4.24. The fourth-order valence-corrected chi connectivity index (χ4v) is 4.10. The van der Waals surface area contributed by atoms with Crippen molar-refractivity contribution in [1.82, 2.24) is 20.5 Å². The Bertz CT molecular complexity index is 1090. The van der Waals surface area contributed by atoms with Crippen LogP contribution in [0.2, 0.25) is 0 Å². The molecule has 1 aromatic heterocycles. The van der Waals surface area contributed by atoms with Gasteiger partial charge in [-0.25, -0.2) is 0 Å². The first-order chi connectivity index (χ1) is 14.4. The monoisotopic (exact) mass is 404 g/mol. The van der Waals surface area contributed by atoms with E-state index in [4.69, 9.17) is 0 Å². The minimum absolute atomic E-state index is 0.00857. The van der Waals surface area contributed by atoms with Crippen LogP contribution in [0.4, 0.5) is 0 Å². The topological polar surface area (TPSA) is 77.2 Å². The molecular weight excluding hydrogens is 376 g/mol. The van der Waals surface area contributed by atoms with Crippen LogP contribution in [0.3, 0.4) is 0 Å². The highest BCUT2D eigenvalue weighted by atomic mass is 16.2. The first-order valence-electron chi connectivity index (χ1n) is 10.3. The molecule has 4 rings (SSSR count). The van der Waals surface area contributed by atoms with Crippen molar-refractivity contribution < 1.29 is 9.59 Å². The van der Waals surface area contributed by atoms with E-state index in [1.807, 2.05) is 62.3 Å². The molecule has 0 aliphatic heterocycles. The standard InChI is InChI=1S/C24H28N4O2/c1-15-8-9-19-17(12-15)14-21(25-19)24(30)26-20-13-16-6-4-5-7-18(16)23(20)27-22(29)10-11-28(2)3/h4-9,12,14,20,23,25H,10-11,13H2,1-3H3,(H,26,30)(H,27,29)/t20-,23+/m0/s1. The molecule has 2 amide bonds. The molecule has 6 heteroatoms. The van der Waals surface area contributed by atoms with Gasteiger partial charge in [-0.2, -0.15) is 0 Å². The van der Waals surface area contributed by atoms with Crippen molar-refractivity contribution in [3.05, 3.63) is 70.9 Å². The molecule has 0 saturated heterocycles. The molecular formula is C24H28N4O2. The number of carbonyl (C=O) groups excluding carboxylic acids is 2. The summed E-state index contributed by atoms with van der Waals surface area (Å²) in [5.74, 6) is -0.167. The minimum atomic E-state index is -0.230. The molecule has 2 atom stereocenters. The van der Waals surface area contributed by atoms with Crippen molar-refractivity contribution in [2.45, 2.75) is 31.8 Å². The number of H-pyrrole nitrogens is 1. The van der Waals surface area contributed by atoms with Crippen molar-refractivity contribution in [3.63, 3.8) is 0 Å². The lowest BCUT2D eigenvalue weighted by atomic mass is 10.1. The molecule has 0 saturated carbocycles. The predicted octanol–water partition coefficient (Wildman–Crippen LogP) is 2.94. The van der Waals surface area contributed by atoms with E-state index in [0.29, 0.717) is 25.1 Å². The maximum atomic E-state index is 13.0. The van der Waals surface area contributed by atoms with E-state index in [9.17, 15) is 9.59 Å². The van der Waals surface area contributed by atoms with E-state index in [1.54, 1.807) is 0 Å². The number of benzene rings is 2. The molecule has 1 heterocycles. The smallest absolute Gasteiger partial charge is 0.268 e. The number of carbonyl (C=O) groups is 2. The molecule has 1 aliphatic rings. The summed E-state index contributed by atoms with van der Waals surface area (Å²) in [5, 5.41) is 7.30. The number of nitrogens with one attached hydrogen (secondary N) is 3. The van der Waals surface area contributed by atoms with Crippen molar-refractivity contribution >= 4 is 22.7 Å². The molecule has 3 aromatic rings. The predicted molar refractivity (Wildman–Crippen MR) is 118 cm³/mol. The molecule has 1 aliphatic carbocycles. The van der Waals surface area contributed by atoms with E-state index in [0.717, 1.165) is 27.6 Å². The number of fused-ring (bicyclic) bond motifs is 2. The quantitative estimate of drug-likeness (QED) is 0.591. The third-order valence-corrected chi connectivity index (χ3v) is 5.67. The van der Waals surface area contributed by atoms with Crippen molar-refractivity contribution in [3.8, 4) is 0 Å². The molecule has 0 spiro atoms. The highest BCUT2D eigenvalue weighted by molar-refractivity contribution is 5.98. The van der Waals surface area contributed by atoms with Crippen molar-refractivity contribution in [1.29, 1.82) is 0 Å². The summed E-state index contributed by atoms with van der Waals surface area (Å²) < 4.78 is 0. The van der Waals surface area contributed by atoms with Gasteiger partial charge in [-0.05, 0) is 56.8 Å². The van der Waals surface area contributed by atoms with Crippen LogP contribution in [0.5, 0.6) is 0 Å². The molecule has 156 valence electrons. The highest BCUT2D eigenvalue weighted by Gasteiger charge is 2.34. The number of aryl methyl sites for hydroxylation is 1. The first-order valence-corrected chi connectivity index (χ1v) is 10.3. The van der Waals surface area contributed by atoms with Crippen LogP contribution >= 0.6 is 0 Å². The van der Waals surface area contributed by atoms with Crippen molar-refractivity contribution in [2.75, 3.05) is 20.6 Å². The zero-order valence-corrected chi connectivity index (χ0v) is 17.7. The normalized spacial score (nSPS) is 17.9. The molecule has 0 bridgehead atoms. The zero-order chi connectivity index (χ0) is 21.3. The Labute approximate surface area is 176 Å². The number of hydrogen-bond donors (Lipinski definition) is 3. The van der Waals surface area contributed by atoms with Crippen LogP contribution in [-0.4, -0.2) is 48.4 Å². The van der Waals surface area contributed by atoms with Gasteiger partial charge in [-0.3, -0.25) is 9.59 Å². The van der Waals surface area contributed by atoms with Crippen LogP contribution in [0.25, 0.3) is 10.9 Å². The molecule has 0 unspecified atom stereocenters. The second kappa shape index (κ2) is 8.32. The maximum Gasteiger partial charge on any atom is 0.268 e. The Kier molecular flexibility index (Phi) is 5.59. The van der Waals surface area contributed by atoms with Crippen LogP contribution in [-0.2, 0) is 11.2 Å². The Hall–Kier alpha value is -3.12. The summed E-state index contributed by atoms with van der Waals surface area (Å²) in [6.45, 7) is 2.72. The van der Waals surface area contributed by atoms with E-state index in [-0.39, 0.29) is 23.9 Å². The third-order valence-electron chi connectivity index (χ3n) is 5.67. The summed E-state index contributed by atoms with van der Waals surface area (Å²) in [6, 6.07) is 15.6. The molecule has 3 N–H and O–H groups in total. The Morgan fingerprint density at radius 3 is 2.70 bits per heavy atom. The molecule has 2 aromatic carbocycles. The Balaban J connectivity index is 1.52. The fraction of sp³-hybridized carbons (Fsp3) is 0.333. The summed E-state index contributed by atoms with van der Waals surface area (Å²) in [5.41, 5.74) is 4.86. The van der Waals surface area contributed by atoms with E-state index >= 15 is 0 Å². The second-order valence-corrected chi connectivity index (χ2v) is 8.36. The van der Waals surface area contributed by atoms with Crippen LogP contribution in [0, 0.1) is 6.92 Å². The van der Waals surface area contributed by atoms with E-state index in [2.05, 4.69) is 27.8 Å². The Morgan fingerprint density at radius 2 is 1.90 bits per heavy atom. The Morgan fingerprint density at radius 1 is 1.10 bits per heavy atom. The number of nitrogens with zero attached hydrogens (tertiary/aromatic N) is 1. The molecule has 30 heavy (non-hydrogen) atoms. The zero-order valence-electron chi connectivity index (χ0n) is 17.7. The number of hydrogen-bond acceptors (Lipinski definition) is 3. The minimum Gasteiger partial charge on any atom is -0.351 e. The SMILES string of the molecule is Cc1ccc2[nH]c(C(=O)N[C@H]3Cc4ccccc4[C@H]3NC(=O)CCN(C)C)cc2c1. The van der Waals surface area contributed by atoms with Gasteiger partial charge < -0.3 is 20.5 Å². The highest BCUT2D eigenvalue weighted by Crippen LogP contribution is 2.31. The average Bonchev–Trinajstić information content (AvgIpc) is 3.28. The van der Waals surface area contributed by atoms with Gasteiger partial charge in [-0.1, -0.05) is 35.9 Å². The average molecular weight is 405 g/mol. The van der Waals surface area contributed by atoms with Gasteiger partial charge in [0.2, 0.25) is 5.91 Å². The largest absolute Gasteiger partial charge is 0.351 e. The fourth-order valence-electron chi connectivity index (χ4n) is 4.10.